The molecule has 1 aliphatic carbocycles. The number of esters is 1. The van der Waals surface area contributed by atoms with E-state index in [0.29, 0.717) is 42.1 Å². The standard InChI is InChI=1S/C21H18BrClN2O3/c22-12-1-4-17-15(9-12)20(27)28-21(17)5-7-25(8-6-21)19(26)16-11-24-18-10-13(23)2-3-14(16)18/h2-4,9-12,24H,1,5-8H2. The van der Waals surface area contributed by atoms with Crippen LogP contribution in [0.25, 0.3) is 10.9 Å². The Bertz CT molecular complexity index is 1060. The molecule has 0 bridgehead atoms. The fourth-order valence-corrected chi connectivity index (χ4v) is 5.09. The Hall–Kier alpha value is -2.05. The summed E-state index contributed by atoms with van der Waals surface area (Å²) in [4.78, 5) is 30.6. The van der Waals surface area contributed by atoms with Gasteiger partial charge in [0.05, 0.1) is 11.1 Å². The smallest absolute Gasteiger partial charge is 0.339 e. The van der Waals surface area contributed by atoms with Crippen molar-refractivity contribution in [3.63, 3.8) is 0 Å². The van der Waals surface area contributed by atoms with Crippen LogP contribution >= 0.6 is 27.5 Å². The number of aromatic amines is 1. The first-order chi connectivity index (χ1) is 13.5. The van der Waals surface area contributed by atoms with Crippen LogP contribution in [0.15, 0.2) is 47.7 Å². The molecule has 28 heavy (non-hydrogen) atoms. The Balaban J connectivity index is 1.37. The van der Waals surface area contributed by atoms with Gasteiger partial charge in [-0.05, 0) is 18.6 Å². The molecule has 3 aliphatic rings. The summed E-state index contributed by atoms with van der Waals surface area (Å²) in [5.74, 6) is -0.259. The number of likely N-dealkylation sites (tertiary alicyclic amines) is 1. The van der Waals surface area contributed by atoms with Crippen LogP contribution in [0.4, 0.5) is 0 Å². The number of hydrogen-bond donors (Lipinski definition) is 1. The van der Waals surface area contributed by atoms with Crippen molar-refractivity contribution in [3.8, 4) is 0 Å². The molecule has 1 aromatic carbocycles. The number of aromatic nitrogens is 1. The van der Waals surface area contributed by atoms with Crippen molar-refractivity contribution in [2.24, 2.45) is 0 Å². The Morgan fingerprint density at radius 3 is 2.89 bits per heavy atom. The summed E-state index contributed by atoms with van der Waals surface area (Å²) in [5, 5.41) is 1.50. The third-order valence-electron chi connectivity index (χ3n) is 5.92. The molecule has 7 heteroatoms. The third kappa shape index (κ3) is 2.73. The molecule has 2 aliphatic heterocycles. The molecule has 2 aromatic rings. The number of halogens is 2. The number of H-pyrrole nitrogens is 1. The number of alkyl halides is 1. The van der Waals surface area contributed by atoms with E-state index in [4.69, 9.17) is 16.3 Å². The lowest BCUT2D eigenvalue weighted by Gasteiger charge is -2.39. The van der Waals surface area contributed by atoms with E-state index in [2.05, 4.69) is 27.0 Å². The number of nitrogens with zero attached hydrogens (tertiary/aromatic N) is 1. The van der Waals surface area contributed by atoms with E-state index in [1.807, 2.05) is 23.1 Å². The monoisotopic (exact) mass is 460 g/mol. The van der Waals surface area contributed by atoms with Crippen molar-refractivity contribution in [2.75, 3.05) is 13.1 Å². The van der Waals surface area contributed by atoms with Crippen LogP contribution in [0.1, 0.15) is 29.6 Å². The van der Waals surface area contributed by atoms with E-state index in [-0.39, 0.29) is 16.7 Å². The van der Waals surface area contributed by atoms with Crippen LogP contribution in [0.2, 0.25) is 5.02 Å². The number of fused-ring (bicyclic) bond motifs is 3. The van der Waals surface area contributed by atoms with Gasteiger partial charge in [-0.3, -0.25) is 4.79 Å². The van der Waals surface area contributed by atoms with Gasteiger partial charge in [0.2, 0.25) is 0 Å². The van der Waals surface area contributed by atoms with Crippen molar-refractivity contribution in [1.82, 2.24) is 9.88 Å². The van der Waals surface area contributed by atoms with Crippen molar-refractivity contribution in [2.45, 2.75) is 29.7 Å². The van der Waals surface area contributed by atoms with Gasteiger partial charge in [-0.25, -0.2) is 4.79 Å². The van der Waals surface area contributed by atoms with Crippen LogP contribution in [-0.2, 0) is 9.53 Å². The first kappa shape index (κ1) is 18.0. The summed E-state index contributed by atoms with van der Waals surface area (Å²) in [6.45, 7) is 1.10. The molecule has 5 nitrogen and oxygen atoms in total. The van der Waals surface area contributed by atoms with Crippen molar-refractivity contribution >= 4 is 50.3 Å². The highest BCUT2D eigenvalue weighted by atomic mass is 79.9. The average Bonchev–Trinajstić information content (AvgIpc) is 3.21. The lowest BCUT2D eigenvalue weighted by Crippen LogP contribution is -2.47. The number of ether oxygens (including phenoxy) is 1. The molecular weight excluding hydrogens is 444 g/mol. The summed E-state index contributed by atoms with van der Waals surface area (Å²) in [6, 6.07) is 5.47. The van der Waals surface area contributed by atoms with Gasteiger partial charge in [-0.2, -0.15) is 0 Å². The van der Waals surface area contributed by atoms with E-state index >= 15 is 0 Å². The van der Waals surface area contributed by atoms with Gasteiger partial charge in [0, 0.05) is 58.5 Å². The predicted octanol–water partition coefficient (Wildman–Crippen LogP) is 4.37. The van der Waals surface area contributed by atoms with Crippen LogP contribution in [0.3, 0.4) is 0 Å². The number of piperidine rings is 1. The second kappa shape index (κ2) is 6.49. The topological polar surface area (TPSA) is 62.4 Å². The number of rotatable bonds is 1. The van der Waals surface area contributed by atoms with Gasteiger partial charge in [-0.15, -0.1) is 0 Å². The number of nitrogens with one attached hydrogen (secondary N) is 1. The zero-order chi connectivity index (χ0) is 19.5. The quantitative estimate of drug-likeness (QED) is 0.507. The van der Waals surface area contributed by atoms with Crippen LogP contribution in [0, 0.1) is 0 Å². The SMILES string of the molecule is O=C1OC2(CCN(C(=O)c3c[nH]c4cc(Cl)ccc34)CC2)C2=CCC(Br)C=C12. The number of hydrogen-bond acceptors (Lipinski definition) is 3. The summed E-state index contributed by atoms with van der Waals surface area (Å²) in [5.41, 5.74) is 2.59. The van der Waals surface area contributed by atoms with Gasteiger partial charge in [0.1, 0.15) is 5.60 Å². The zero-order valence-electron chi connectivity index (χ0n) is 15.0. The zero-order valence-corrected chi connectivity index (χ0v) is 17.3. The third-order valence-corrected chi connectivity index (χ3v) is 6.79. The molecule has 1 aromatic heterocycles. The highest BCUT2D eigenvalue weighted by Crippen LogP contribution is 2.46. The van der Waals surface area contributed by atoms with Crippen LogP contribution < -0.4 is 0 Å². The maximum Gasteiger partial charge on any atom is 0.339 e. The number of carbonyl (C=O) groups excluding carboxylic acids is 2. The minimum Gasteiger partial charge on any atom is -0.450 e. The number of amides is 1. The number of allylic oxidation sites excluding steroid dienone is 2. The Morgan fingerprint density at radius 2 is 2.11 bits per heavy atom. The van der Waals surface area contributed by atoms with Gasteiger partial charge in [0.15, 0.2) is 0 Å². The van der Waals surface area contributed by atoms with Crippen LogP contribution in [-0.4, -0.2) is 45.3 Å². The molecule has 2 saturated heterocycles. The van der Waals surface area contributed by atoms with Gasteiger partial charge < -0.3 is 14.6 Å². The molecule has 1 unspecified atom stereocenters. The molecule has 0 saturated carbocycles. The van der Waals surface area contributed by atoms with Gasteiger partial charge in [0.25, 0.3) is 5.91 Å². The molecule has 2 fully saturated rings. The minimum atomic E-state index is -0.583. The average molecular weight is 462 g/mol. The van der Waals surface area contributed by atoms with Crippen molar-refractivity contribution < 1.29 is 14.3 Å². The second-order valence-corrected chi connectivity index (χ2v) is 9.13. The highest BCUT2D eigenvalue weighted by molar-refractivity contribution is 9.09. The van der Waals surface area contributed by atoms with Crippen molar-refractivity contribution in [3.05, 3.63) is 58.3 Å². The Kier molecular flexibility index (Phi) is 4.18. The number of benzene rings is 1. The minimum absolute atomic E-state index is 0.0124. The van der Waals surface area contributed by atoms with E-state index < -0.39 is 5.60 Å². The van der Waals surface area contributed by atoms with Gasteiger partial charge >= 0.3 is 5.97 Å². The summed E-state index contributed by atoms with van der Waals surface area (Å²) >= 11 is 9.58. The summed E-state index contributed by atoms with van der Waals surface area (Å²) in [7, 11) is 0. The fourth-order valence-electron chi connectivity index (χ4n) is 4.46. The number of carbonyl (C=O) groups is 2. The first-order valence-corrected chi connectivity index (χ1v) is 10.6. The maximum absolute atomic E-state index is 13.1. The van der Waals surface area contributed by atoms with Crippen molar-refractivity contribution in [1.29, 1.82) is 0 Å². The normalized spacial score (nSPS) is 23.4. The highest BCUT2D eigenvalue weighted by Gasteiger charge is 2.51. The lowest BCUT2D eigenvalue weighted by molar-refractivity contribution is -0.147. The van der Waals surface area contributed by atoms with E-state index in [1.54, 1.807) is 12.3 Å². The Labute approximate surface area is 175 Å². The molecule has 3 heterocycles. The second-order valence-electron chi connectivity index (χ2n) is 7.52. The molecule has 1 N–H and O–H groups in total. The van der Waals surface area contributed by atoms with E-state index in [1.165, 1.54) is 0 Å². The molecule has 144 valence electrons. The van der Waals surface area contributed by atoms with E-state index in [0.717, 1.165) is 22.9 Å². The fraction of sp³-hybridized carbons (Fsp3) is 0.333. The van der Waals surface area contributed by atoms with E-state index in [9.17, 15) is 9.59 Å². The first-order valence-electron chi connectivity index (χ1n) is 9.33. The summed E-state index contributed by atoms with van der Waals surface area (Å²) < 4.78 is 5.83. The summed E-state index contributed by atoms with van der Waals surface area (Å²) in [6.07, 6.45) is 7.88. The Morgan fingerprint density at radius 1 is 1.32 bits per heavy atom. The molecular formula is C21H18BrClN2O3. The largest absolute Gasteiger partial charge is 0.450 e. The molecule has 1 atom stereocenters. The molecule has 0 radical (unpaired) electrons. The molecule has 1 amide bonds. The molecule has 5 rings (SSSR count). The maximum atomic E-state index is 13.1. The van der Waals surface area contributed by atoms with Gasteiger partial charge in [-0.1, -0.05) is 45.7 Å². The van der Waals surface area contributed by atoms with Crippen LogP contribution in [0.5, 0.6) is 0 Å². The molecule has 1 spiro atoms. The predicted molar refractivity (Wildman–Crippen MR) is 111 cm³/mol. The lowest BCUT2D eigenvalue weighted by atomic mass is 9.80.